The summed E-state index contributed by atoms with van der Waals surface area (Å²) in [6.45, 7) is 0.196. The van der Waals surface area contributed by atoms with E-state index < -0.39 is 23.2 Å². The molecule has 0 aliphatic rings. The number of hydrogen-bond acceptors (Lipinski definition) is 7. The SMILES string of the molecule is CNc1ccc(C(O)C(O)CCNC(=O)OCc2ccccc2)cc1[N+](=O)[O-]. The molecule has 4 N–H and O–H groups in total. The molecule has 1 amide bonds. The Hall–Kier alpha value is -3.17. The Bertz CT molecular complexity index is 800. The van der Waals surface area contributed by atoms with Crippen LogP contribution in [-0.2, 0) is 11.3 Å². The van der Waals surface area contributed by atoms with E-state index in [1.54, 1.807) is 7.05 Å². The number of benzene rings is 2. The molecule has 150 valence electrons. The zero-order chi connectivity index (χ0) is 20.5. The summed E-state index contributed by atoms with van der Waals surface area (Å²) in [5, 5.41) is 36.6. The number of carbonyl (C=O) groups is 1. The van der Waals surface area contributed by atoms with Gasteiger partial charge in [-0.3, -0.25) is 10.1 Å². The second-order valence-corrected chi connectivity index (χ2v) is 6.07. The van der Waals surface area contributed by atoms with E-state index in [9.17, 15) is 25.1 Å². The number of anilines is 1. The van der Waals surface area contributed by atoms with Gasteiger partial charge in [0.2, 0.25) is 0 Å². The van der Waals surface area contributed by atoms with E-state index in [0.29, 0.717) is 5.69 Å². The molecule has 0 radical (unpaired) electrons. The highest BCUT2D eigenvalue weighted by Crippen LogP contribution is 2.29. The summed E-state index contributed by atoms with van der Waals surface area (Å²) >= 11 is 0. The minimum Gasteiger partial charge on any atom is -0.445 e. The Morgan fingerprint density at radius 2 is 1.93 bits per heavy atom. The van der Waals surface area contributed by atoms with Crippen molar-refractivity contribution < 1.29 is 24.7 Å². The molecule has 2 rings (SSSR count). The molecule has 0 aliphatic heterocycles. The first-order valence-corrected chi connectivity index (χ1v) is 8.69. The lowest BCUT2D eigenvalue weighted by molar-refractivity contribution is -0.384. The van der Waals surface area contributed by atoms with Crippen molar-refractivity contribution in [3.8, 4) is 0 Å². The van der Waals surface area contributed by atoms with E-state index in [2.05, 4.69) is 10.6 Å². The van der Waals surface area contributed by atoms with Crippen LogP contribution in [-0.4, -0.2) is 40.9 Å². The van der Waals surface area contributed by atoms with E-state index in [-0.39, 0.29) is 30.8 Å². The molecule has 2 unspecified atom stereocenters. The predicted octanol–water partition coefficient (Wildman–Crippen LogP) is 2.35. The molecule has 28 heavy (non-hydrogen) atoms. The number of aliphatic hydroxyl groups is 2. The number of nitro benzene ring substituents is 1. The third kappa shape index (κ3) is 5.93. The van der Waals surface area contributed by atoms with Gasteiger partial charge in [-0.15, -0.1) is 0 Å². The average molecular weight is 389 g/mol. The molecule has 2 aromatic carbocycles. The summed E-state index contributed by atoms with van der Waals surface area (Å²) in [5.74, 6) is 0. The summed E-state index contributed by atoms with van der Waals surface area (Å²) in [4.78, 5) is 22.2. The van der Waals surface area contributed by atoms with Crippen molar-refractivity contribution in [2.45, 2.75) is 25.2 Å². The highest BCUT2D eigenvalue weighted by atomic mass is 16.6. The Morgan fingerprint density at radius 1 is 1.21 bits per heavy atom. The minimum absolute atomic E-state index is 0.0448. The quantitative estimate of drug-likeness (QED) is 0.382. The summed E-state index contributed by atoms with van der Waals surface area (Å²) < 4.78 is 5.05. The van der Waals surface area contributed by atoms with Crippen molar-refractivity contribution in [3.63, 3.8) is 0 Å². The molecule has 0 aliphatic carbocycles. The van der Waals surface area contributed by atoms with Gasteiger partial charge >= 0.3 is 6.09 Å². The largest absolute Gasteiger partial charge is 0.445 e. The van der Waals surface area contributed by atoms with Crippen LogP contribution in [0.5, 0.6) is 0 Å². The lowest BCUT2D eigenvalue weighted by atomic mass is 10.0. The molecule has 2 atom stereocenters. The first kappa shape index (κ1) is 21.1. The van der Waals surface area contributed by atoms with Crippen LogP contribution in [0.25, 0.3) is 0 Å². The number of aliphatic hydroxyl groups excluding tert-OH is 2. The van der Waals surface area contributed by atoms with Gasteiger partial charge in [0, 0.05) is 19.7 Å². The molecule has 0 bridgehead atoms. The molecule has 0 spiro atoms. The molecule has 2 aromatic rings. The van der Waals surface area contributed by atoms with Gasteiger partial charge in [-0.05, 0) is 23.6 Å². The number of nitrogens with zero attached hydrogens (tertiary/aromatic N) is 1. The van der Waals surface area contributed by atoms with Crippen molar-refractivity contribution in [1.82, 2.24) is 5.32 Å². The van der Waals surface area contributed by atoms with Crippen LogP contribution in [0.3, 0.4) is 0 Å². The monoisotopic (exact) mass is 389 g/mol. The van der Waals surface area contributed by atoms with Gasteiger partial charge in [-0.1, -0.05) is 36.4 Å². The molecule has 9 nitrogen and oxygen atoms in total. The molecular formula is C19H23N3O6. The van der Waals surface area contributed by atoms with Crippen LogP contribution in [0.1, 0.15) is 23.7 Å². The Balaban J connectivity index is 1.82. The predicted molar refractivity (Wildman–Crippen MR) is 103 cm³/mol. The summed E-state index contributed by atoms with van der Waals surface area (Å²) in [6.07, 6.45) is -3.14. The second kappa shape index (κ2) is 10.2. The number of ether oxygens (including phenoxy) is 1. The van der Waals surface area contributed by atoms with Crippen molar-refractivity contribution in [1.29, 1.82) is 0 Å². The van der Waals surface area contributed by atoms with Crippen molar-refractivity contribution in [2.24, 2.45) is 0 Å². The Labute approximate surface area is 162 Å². The topological polar surface area (TPSA) is 134 Å². The third-order valence-electron chi connectivity index (χ3n) is 4.12. The van der Waals surface area contributed by atoms with Gasteiger partial charge in [0.25, 0.3) is 5.69 Å². The molecular weight excluding hydrogens is 366 g/mol. The van der Waals surface area contributed by atoms with Gasteiger partial charge in [0.15, 0.2) is 0 Å². The number of nitrogens with one attached hydrogen (secondary N) is 2. The fraction of sp³-hybridized carbons (Fsp3) is 0.316. The van der Waals surface area contributed by atoms with Crippen molar-refractivity contribution in [2.75, 3.05) is 18.9 Å². The maximum absolute atomic E-state index is 11.7. The maximum Gasteiger partial charge on any atom is 0.407 e. The van der Waals surface area contributed by atoms with Crippen molar-refractivity contribution >= 4 is 17.5 Å². The summed E-state index contributed by atoms with van der Waals surface area (Å²) in [5.41, 5.74) is 1.16. The fourth-order valence-corrected chi connectivity index (χ4v) is 2.57. The van der Waals surface area contributed by atoms with E-state index in [1.807, 2.05) is 30.3 Å². The highest BCUT2D eigenvalue weighted by Gasteiger charge is 2.22. The lowest BCUT2D eigenvalue weighted by Crippen LogP contribution is -2.29. The number of nitro groups is 1. The van der Waals surface area contributed by atoms with Crippen LogP contribution < -0.4 is 10.6 Å². The Morgan fingerprint density at radius 3 is 2.57 bits per heavy atom. The smallest absolute Gasteiger partial charge is 0.407 e. The average Bonchev–Trinajstić information content (AvgIpc) is 2.71. The first-order chi connectivity index (χ1) is 13.4. The number of alkyl carbamates (subject to hydrolysis) is 1. The van der Waals surface area contributed by atoms with Gasteiger partial charge in [-0.25, -0.2) is 4.79 Å². The van der Waals surface area contributed by atoms with Crippen LogP contribution >= 0.6 is 0 Å². The molecule has 9 heteroatoms. The highest BCUT2D eigenvalue weighted by molar-refractivity contribution is 5.67. The first-order valence-electron chi connectivity index (χ1n) is 8.69. The van der Waals surface area contributed by atoms with E-state index in [4.69, 9.17) is 4.74 Å². The zero-order valence-corrected chi connectivity index (χ0v) is 15.4. The van der Waals surface area contributed by atoms with E-state index in [1.165, 1.54) is 18.2 Å². The molecule has 0 fully saturated rings. The van der Waals surface area contributed by atoms with Crippen LogP contribution in [0.15, 0.2) is 48.5 Å². The number of amides is 1. The van der Waals surface area contributed by atoms with Gasteiger partial charge in [0.1, 0.15) is 18.4 Å². The lowest BCUT2D eigenvalue weighted by Gasteiger charge is -2.18. The number of carbonyl (C=O) groups excluding carboxylic acids is 1. The second-order valence-electron chi connectivity index (χ2n) is 6.07. The van der Waals surface area contributed by atoms with Crippen LogP contribution in [0.2, 0.25) is 0 Å². The van der Waals surface area contributed by atoms with Gasteiger partial charge in [-0.2, -0.15) is 0 Å². The number of rotatable bonds is 9. The Kier molecular flexibility index (Phi) is 7.73. The van der Waals surface area contributed by atoms with Gasteiger partial charge in [0.05, 0.1) is 11.0 Å². The van der Waals surface area contributed by atoms with Crippen LogP contribution in [0.4, 0.5) is 16.2 Å². The summed E-state index contributed by atoms with van der Waals surface area (Å²) in [6, 6.07) is 13.3. The van der Waals surface area contributed by atoms with E-state index in [0.717, 1.165) is 5.56 Å². The maximum atomic E-state index is 11.7. The fourth-order valence-electron chi connectivity index (χ4n) is 2.57. The van der Waals surface area contributed by atoms with E-state index >= 15 is 0 Å². The molecule has 0 aromatic heterocycles. The number of hydrogen-bond donors (Lipinski definition) is 4. The molecule has 0 saturated heterocycles. The van der Waals surface area contributed by atoms with Gasteiger partial charge < -0.3 is 25.6 Å². The molecule has 0 heterocycles. The zero-order valence-electron chi connectivity index (χ0n) is 15.4. The minimum atomic E-state index is -1.33. The molecule has 0 saturated carbocycles. The normalized spacial score (nSPS) is 12.7. The third-order valence-corrected chi connectivity index (χ3v) is 4.12. The summed E-state index contributed by atoms with van der Waals surface area (Å²) in [7, 11) is 1.55. The van der Waals surface area contributed by atoms with Crippen molar-refractivity contribution in [3.05, 3.63) is 69.8 Å². The van der Waals surface area contributed by atoms with Crippen LogP contribution in [0, 0.1) is 10.1 Å². The standard InChI is InChI=1S/C19H23N3O6/c1-20-15-8-7-14(11-16(15)22(26)27)18(24)17(23)9-10-21-19(25)28-12-13-5-3-2-4-6-13/h2-8,11,17-18,20,23-24H,9-10,12H2,1H3,(H,21,25).